The van der Waals surface area contributed by atoms with Crippen molar-refractivity contribution in [3.8, 4) is 0 Å². The highest BCUT2D eigenvalue weighted by Crippen LogP contribution is 2.17. The Balaban J connectivity index is 2.45. The monoisotopic (exact) mass is 185 g/mol. The lowest BCUT2D eigenvalue weighted by atomic mass is 9.99. The molecule has 0 bridgehead atoms. The van der Waals surface area contributed by atoms with Crippen LogP contribution >= 0.6 is 0 Å². The zero-order valence-electron chi connectivity index (χ0n) is 8.42. The Kier molecular flexibility index (Phi) is 3.69. The first-order valence-corrected chi connectivity index (χ1v) is 4.89. The van der Waals surface area contributed by atoms with Crippen molar-refractivity contribution in [3.05, 3.63) is 0 Å². The second-order valence-electron chi connectivity index (χ2n) is 3.93. The first kappa shape index (κ1) is 10.5. The summed E-state index contributed by atoms with van der Waals surface area (Å²) in [5, 5.41) is 0. The Morgan fingerprint density at radius 2 is 2.38 bits per heavy atom. The van der Waals surface area contributed by atoms with E-state index in [9.17, 15) is 4.79 Å². The van der Waals surface area contributed by atoms with Gasteiger partial charge < -0.3 is 0 Å². The van der Waals surface area contributed by atoms with Crippen LogP contribution in [0.1, 0.15) is 26.7 Å². The third-order valence-electron chi connectivity index (χ3n) is 2.76. The van der Waals surface area contributed by atoms with Gasteiger partial charge in [0.1, 0.15) is 0 Å². The number of rotatable bonds is 2. The van der Waals surface area contributed by atoms with Crippen LogP contribution in [0.3, 0.4) is 0 Å². The standard InChI is InChI=1S/C9H19N3O/c1-7-4-3-5-12(6-7)8(2)9(13)11-10/h7-8H,3-6,10H2,1-2H3,(H,11,13)/t7-,8-/m1/s1. The number of carbonyl (C=O) groups excluding carboxylic acids is 1. The van der Waals surface area contributed by atoms with Gasteiger partial charge >= 0.3 is 0 Å². The molecule has 1 aliphatic rings. The summed E-state index contributed by atoms with van der Waals surface area (Å²) >= 11 is 0. The minimum absolute atomic E-state index is 0.0888. The molecule has 0 aliphatic carbocycles. The van der Waals surface area contributed by atoms with Gasteiger partial charge in [-0.15, -0.1) is 0 Å². The van der Waals surface area contributed by atoms with Gasteiger partial charge in [0.15, 0.2) is 0 Å². The van der Waals surface area contributed by atoms with Gasteiger partial charge in [0, 0.05) is 6.54 Å². The second kappa shape index (κ2) is 4.58. The number of hydrogen-bond donors (Lipinski definition) is 2. The van der Waals surface area contributed by atoms with Crippen molar-refractivity contribution in [1.29, 1.82) is 0 Å². The van der Waals surface area contributed by atoms with Gasteiger partial charge in [-0.25, -0.2) is 5.84 Å². The summed E-state index contributed by atoms with van der Waals surface area (Å²) in [4.78, 5) is 13.4. The minimum atomic E-state index is -0.0900. The topological polar surface area (TPSA) is 58.4 Å². The molecule has 76 valence electrons. The molecule has 4 nitrogen and oxygen atoms in total. The average molecular weight is 185 g/mol. The van der Waals surface area contributed by atoms with Crippen LogP contribution in [0, 0.1) is 5.92 Å². The molecule has 0 radical (unpaired) electrons. The summed E-state index contributed by atoms with van der Waals surface area (Å²) in [5.74, 6) is 5.70. The van der Waals surface area contributed by atoms with E-state index in [0.29, 0.717) is 5.92 Å². The summed E-state index contributed by atoms with van der Waals surface area (Å²) < 4.78 is 0. The molecule has 1 aliphatic heterocycles. The fourth-order valence-corrected chi connectivity index (χ4v) is 1.86. The zero-order chi connectivity index (χ0) is 9.84. The van der Waals surface area contributed by atoms with E-state index in [1.54, 1.807) is 0 Å². The molecular formula is C9H19N3O. The molecule has 13 heavy (non-hydrogen) atoms. The molecule has 1 amide bonds. The smallest absolute Gasteiger partial charge is 0.250 e. The predicted octanol–water partition coefficient (Wildman–Crippen LogP) is 0.0967. The van der Waals surface area contributed by atoms with Crippen LogP contribution in [0.25, 0.3) is 0 Å². The molecule has 1 saturated heterocycles. The van der Waals surface area contributed by atoms with Crippen LogP contribution in [0.15, 0.2) is 0 Å². The second-order valence-corrected chi connectivity index (χ2v) is 3.93. The molecule has 0 unspecified atom stereocenters. The molecule has 1 heterocycles. The minimum Gasteiger partial charge on any atom is -0.293 e. The summed E-state index contributed by atoms with van der Waals surface area (Å²) in [6, 6.07) is -0.0900. The molecule has 0 aromatic carbocycles. The number of nitrogens with zero attached hydrogens (tertiary/aromatic N) is 1. The number of nitrogens with one attached hydrogen (secondary N) is 1. The van der Waals surface area contributed by atoms with Crippen molar-refractivity contribution in [2.24, 2.45) is 11.8 Å². The quantitative estimate of drug-likeness (QED) is 0.364. The Morgan fingerprint density at radius 3 is 2.92 bits per heavy atom. The first-order valence-electron chi connectivity index (χ1n) is 4.89. The highest BCUT2D eigenvalue weighted by atomic mass is 16.2. The Morgan fingerprint density at radius 1 is 1.69 bits per heavy atom. The number of nitrogens with two attached hydrogens (primary N) is 1. The van der Waals surface area contributed by atoms with E-state index in [1.165, 1.54) is 12.8 Å². The van der Waals surface area contributed by atoms with Crippen LogP contribution in [-0.4, -0.2) is 29.9 Å². The molecule has 2 atom stereocenters. The van der Waals surface area contributed by atoms with E-state index in [4.69, 9.17) is 5.84 Å². The van der Waals surface area contributed by atoms with Crippen LogP contribution in [-0.2, 0) is 4.79 Å². The van der Waals surface area contributed by atoms with E-state index in [0.717, 1.165) is 13.1 Å². The van der Waals surface area contributed by atoms with Gasteiger partial charge in [-0.3, -0.25) is 15.1 Å². The lowest BCUT2D eigenvalue weighted by Crippen LogP contribution is -2.50. The largest absolute Gasteiger partial charge is 0.293 e. The Labute approximate surface area is 79.4 Å². The van der Waals surface area contributed by atoms with Gasteiger partial charge in [-0.2, -0.15) is 0 Å². The molecule has 0 saturated carbocycles. The maximum absolute atomic E-state index is 11.2. The molecule has 1 rings (SSSR count). The number of hydrogen-bond acceptors (Lipinski definition) is 3. The maximum Gasteiger partial charge on any atom is 0.250 e. The molecule has 0 aromatic rings. The third kappa shape index (κ3) is 2.67. The Bertz CT molecular complexity index is 184. The van der Waals surface area contributed by atoms with Crippen molar-refractivity contribution in [2.45, 2.75) is 32.7 Å². The highest BCUT2D eigenvalue weighted by molar-refractivity contribution is 5.80. The van der Waals surface area contributed by atoms with Crippen molar-refractivity contribution in [2.75, 3.05) is 13.1 Å². The van der Waals surface area contributed by atoms with Crippen molar-refractivity contribution >= 4 is 5.91 Å². The van der Waals surface area contributed by atoms with Crippen LogP contribution in [0.5, 0.6) is 0 Å². The first-order chi connectivity index (χ1) is 6.15. The van der Waals surface area contributed by atoms with Crippen molar-refractivity contribution in [3.63, 3.8) is 0 Å². The lowest BCUT2D eigenvalue weighted by Gasteiger charge is -2.34. The normalized spacial score (nSPS) is 26.8. The summed E-state index contributed by atoms with van der Waals surface area (Å²) in [7, 11) is 0. The molecule has 0 aromatic heterocycles. The maximum atomic E-state index is 11.2. The van der Waals surface area contributed by atoms with Crippen molar-refractivity contribution < 1.29 is 4.79 Å². The average Bonchev–Trinajstić information content (AvgIpc) is 2.15. The van der Waals surface area contributed by atoms with Gasteiger partial charge in [0.2, 0.25) is 0 Å². The predicted molar refractivity (Wildman–Crippen MR) is 51.8 cm³/mol. The van der Waals surface area contributed by atoms with Gasteiger partial charge in [-0.05, 0) is 32.2 Å². The summed E-state index contributed by atoms with van der Waals surface area (Å²) in [6.07, 6.45) is 2.46. The summed E-state index contributed by atoms with van der Waals surface area (Å²) in [5.41, 5.74) is 2.20. The van der Waals surface area contributed by atoms with Crippen LogP contribution in [0.2, 0.25) is 0 Å². The number of hydrazine groups is 1. The fraction of sp³-hybridized carbons (Fsp3) is 0.889. The van der Waals surface area contributed by atoms with Crippen LogP contribution < -0.4 is 11.3 Å². The molecule has 3 N–H and O–H groups in total. The highest BCUT2D eigenvalue weighted by Gasteiger charge is 2.24. The van der Waals surface area contributed by atoms with E-state index >= 15 is 0 Å². The molecular weight excluding hydrogens is 166 g/mol. The van der Waals surface area contributed by atoms with E-state index < -0.39 is 0 Å². The zero-order valence-corrected chi connectivity index (χ0v) is 8.42. The number of piperidine rings is 1. The van der Waals surface area contributed by atoms with E-state index in [1.807, 2.05) is 6.92 Å². The fourth-order valence-electron chi connectivity index (χ4n) is 1.86. The SMILES string of the molecule is C[C@@H]1CCCN([C@H](C)C(=O)NN)C1. The Hall–Kier alpha value is -0.610. The number of likely N-dealkylation sites (tertiary alicyclic amines) is 1. The number of amides is 1. The van der Waals surface area contributed by atoms with Gasteiger partial charge in [0.25, 0.3) is 5.91 Å². The summed E-state index contributed by atoms with van der Waals surface area (Å²) in [6.45, 7) is 6.15. The van der Waals surface area contributed by atoms with E-state index in [-0.39, 0.29) is 11.9 Å². The van der Waals surface area contributed by atoms with Gasteiger partial charge in [-0.1, -0.05) is 6.92 Å². The third-order valence-corrected chi connectivity index (χ3v) is 2.76. The van der Waals surface area contributed by atoms with Gasteiger partial charge in [0.05, 0.1) is 6.04 Å². The molecule has 4 heteroatoms. The van der Waals surface area contributed by atoms with E-state index in [2.05, 4.69) is 17.2 Å². The molecule has 1 fully saturated rings. The van der Waals surface area contributed by atoms with Crippen LogP contribution in [0.4, 0.5) is 0 Å². The van der Waals surface area contributed by atoms with Crippen molar-refractivity contribution in [1.82, 2.24) is 10.3 Å². The lowest BCUT2D eigenvalue weighted by molar-refractivity contribution is -0.126. The molecule has 0 spiro atoms. The number of carbonyl (C=O) groups is 1.